The Balaban J connectivity index is 1.60. The molecule has 4 nitrogen and oxygen atoms in total. The Labute approximate surface area is 202 Å². The summed E-state index contributed by atoms with van der Waals surface area (Å²) in [6.45, 7) is 2.60. The van der Waals surface area contributed by atoms with Crippen LogP contribution in [0, 0.1) is 24.4 Å². The van der Waals surface area contributed by atoms with Crippen molar-refractivity contribution < 1.29 is 22.7 Å². The van der Waals surface area contributed by atoms with Crippen molar-refractivity contribution in [2.45, 2.75) is 31.9 Å². The molecule has 2 heterocycles. The number of aryl methyl sites for hydroxylation is 1. The molecule has 35 heavy (non-hydrogen) atoms. The standard InChI is InChI=1S/C28H25F3N2O2/c1-17-10-11-18(14-24(17)34-2)13-20-9-6-12-33-26(21-15-22(29)25(31)23(30)16-21)27(35-32-28(20)33)19-7-4-3-5-8-19/h3-5,7-8,10-11,13-16,26-27H,6,9,12H2,1-2H3/b20-13+/t26-,27?/m0/s1. The first-order valence-electron chi connectivity index (χ1n) is 11.5. The van der Waals surface area contributed by atoms with Gasteiger partial charge in [0.25, 0.3) is 0 Å². The van der Waals surface area contributed by atoms with Crippen LogP contribution in [0.3, 0.4) is 0 Å². The molecule has 2 atom stereocenters. The zero-order valence-corrected chi connectivity index (χ0v) is 19.5. The molecule has 2 aliphatic heterocycles. The normalized spacial score (nSPS) is 20.8. The number of hydrogen-bond donors (Lipinski definition) is 0. The van der Waals surface area contributed by atoms with E-state index in [4.69, 9.17) is 9.57 Å². The van der Waals surface area contributed by atoms with Crippen molar-refractivity contribution in [1.82, 2.24) is 4.90 Å². The summed E-state index contributed by atoms with van der Waals surface area (Å²) in [5.41, 5.74) is 4.03. The van der Waals surface area contributed by atoms with Crippen molar-refractivity contribution in [3.8, 4) is 5.75 Å². The summed E-state index contributed by atoms with van der Waals surface area (Å²) in [5.74, 6) is -2.54. The van der Waals surface area contributed by atoms with Gasteiger partial charge in [-0.2, -0.15) is 0 Å². The molecule has 3 aromatic carbocycles. The largest absolute Gasteiger partial charge is 0.496 e. The number of rotatable bonds is 4. The molecule has 0 bridgehead atoms. The van der Waals surface area contributed by atoms with Gasteiger partial charge in [-0.1, -0.05) is 47.6 Å². The topological polar surface area (TPSA) is 34.1 Å². The summed E-state index contributed by atoms with van der Waals surface area (Å²) in [5, 5.41) is 4.47. The minimum atomic E-state index is -1.48. The lowest BCUT2D eigenvalue weighted by Gasteiger charge is -2.44. The first kappa shape index (κ1) is 23.0. The Hall–Kier alpha value is -3.74. The van der Waals surface area contributed by atoms with Gasteiger partial charge < -0.3 is 14.5 Å². The van der Waals surface area contributed by atoms with Crippen molar-refractivity contribution in [1.29, 1.82) is 0 Å². The number of ether oxygens (including phenoxy) is 1. The minimum absolute atomic E-state index is 0.293. The van der Waals surface area contributed by atoms with Crippen LogP contribution < -0.4 is 4.74 Å². The molecule has 7 heteroatoms. The first-order chi connectivity index (χ1) is 17.0. The van der Waals surface area contributed by atoms with E-state index < -0.39 is 29.6 Å². The predicted octanol–water partition coefficient (Wildman–Crippen LogP) is 6.73. The summed E-state index contributed by atoms with van der Waals surface area (Å²) < 4.78 is 47.8. The number of oxime groups is 1. The second-order valence-electron chi connectivity index (χ2n) is 8.79. The van der Waals surface area contributed by atoms with Crippen molar-refractivity contribution in [2.24, 2.45) is 5.16 Å². The number of methoxy groups -OCH3 is 1. The average Bonchev–Trinajstić information content (AvgIpc) is 2.88. The fraction of sp³-hybridized carbons (Fsp3) is 0.250. The maximum Gasteiger partial charge on any atom is 0.194 e. The number of benzene rings is 3. The third kappa shape index (κ3) is 4.38. The molecule has 0 aliphatic carbocycles. The molecule has 5 rings (SSSR count). The van der Waals surface area contributed by atoms with Crippen LogP contribution >= 0.6 is 0 Å². The van der Waals surface area contributed by atoms with Crippen LogP contribution in [0.25, 0.3) is 6.08 Å². The molecular weight excluding hydrogens is 453 g/mol. The molecule has 0 aromatic heterocycles. The molecule has 1 unspecified atom stereocenters. The van der Waals surface area contributed by atoms with Crippen LogP contribution in [0.15, 0.2) is 71.4 Å². The van der Waals surface area contributed by atoms with Gasteiger partial charge in [-0.15, -0.1) is 0 Å². The Morgan fingerprint density at radius 3 is 2.46 bits per heavy atom. The van der Waals surface area contributed by atoms with Gasteiger partial charge in [0.05, 0.1) is 13.2 Å². The van der Waals surface area contributed by atoms with E-state index >= 15 is 0 Å². The van der Waals surface area contributed by atoms with Crippen molar-refractivity contribution in [3.63, 3.8) is 0 Å². The number of nitrogens with zero attached hydrogens (tertiary/aromatic N) is 2. The van der Waals surface area contributed by atoms with Crippen molar-refractivity contribution >= 4 is 11.9 Å². The van der Waals surface area contributed by atoms with Gasteiger partial charge >= 0.3 is 0 Å². The Kier molecular flexibility index (Phi) is 6.24. The Morgan fingerprint density at radius 1 is 1.00 bits per heavy atom. The van der Waals surface area contributed by atoms with Crippen LogP contribution in [0.5, 0.6) is 5.75 Å². The smallest absolute Gasteiger partial charge is 0.194 e. The summed E-state index contributed by atoms with van der Waals surface area (Å²) in [4.78, 5) is 7.99. The minimum Gasteiger partial charge on any atom is -0.496 e. The number of fused-ring (bicyclic) bond motifs is 1. The average molecular weight is 479 g/mol. The highest BCUT2D eigenvalue weighted by Crippen LogP contribution is 2.44. The van der Waals surface area contributed by atoms with Crippen LogP contribution in [0.4, 0.5) is 13.2 Å². The van der Waals surface area contributed by atoms with E-state index in [9.17, 15) is 13.2 Å². The zero-order valence-electron chi connectivity index (χ0n) is 19.5. The second-order valence-corrected chi connectivity index (χ2v) is 8.79. The Bertz CT molecular complexity index is 1280. The molecule has 1 fully saturated rings. The van der Waals surface area contributed by atoms with Crippen molar-refractivity contribution in [2.75, 3.05) is 13.7 Å². The van der Waals surface area contributed by atoms with Gasteiger partial charge in [0.15, 0.2) is 29.4 Å². The van der Waals surface area contributed by atoms with Gasteiger partial charge in [-0.05, 0) is 71.9 Å². The maximum atomic E-state index is 14.3. The predicted molar refractivity (Wildman–Crippen MR) is 128 cm³/mol. The van der Waals surface area contributed by atoms with E-state index in [1.165, 1.54) is 0 Å². The SMILES string of the molecule is COc1cc(/C=C2\CCCN3C2=NOC(c2ccccc2)[C@@H]3c2cc(F)c(F)c(F)c2)ccc1C. The summed E-state index contributed by atoms with van der Waals surface area (Å²) in [6, 6.07) is 16.8. The molecule has 180 valence electrons. The van der Waals surface area contributed by atoms with E-state index in [0.29, 0.717) is 17.9 Å². The third-order valence-corrected chi connectivity index (χ3v) is 6.53. The van der Waals surface area contributed by atoms with E-state index in [0.717, 1.165) is 53.0 Å². The molecule has 1 saturated heterocycles. The quantitative estimate of drug-likeness (QED) is 0.390. The third-order valence-electron chi connectivity index (χ3n) is 6.53. The summed E-state index contributed by atoms with van der Waals surface area (Å²) >= 11 is 0. The van der Waals surface area contributed by atoms with Crippen LogP contribution in [-0.2, 0) is 4.84 Å². The zero-order chi connectivity index (χ0) is 24.5. The molecule has 2 aliphatic rings. The monoisotopic (exact) mass is 478 g/mol. The lowest BCUT2D eigenvalue weighted by atomic mass is 9.90. The summed E-state index contributed by atoms with van der Waals surface area (Å²) in [7, 11) is 1.63. The molecule has 0 N–H and O–H groups in total. The molecule has 0 amide bonds. The van der Waals surface area contributed by atoms with Gasteiger partial charge in [0, 0.05) is 6.54 Å². The first-order valence-corrected chi connectivity index (χ1v) is 11.5. The van der Waals surface area contributed by atoms with Crippen molar-refractivity contribution in [3.05, 3.63) is 106 Å². The highest BCUT2D eigenvalue weighted by atomic mass is 19.2. The van der Waals surface area contributed by atoms with Crippen LogP contribution in [-0.4, -0.2) is 24.4 Å². The number of hydrogen-bond acceptors (Lipinski definition) is 4. The second kappa shape index (κ2) is 9.49. The fourth-order valence-corrected chi connectivity index (χ4v) is 4.80. The van der Waals surface area contributed by atoms with Gasteiger partial charge in [0.2, 0.25) is 0 Å². The Morgan fingerprint density at radius 2 is 1.74 bits per heavy atom. The lowest BCUT2D eigenvalue weighted by Crippen LogP contribution is -2.45. The number of piperidine rings is 1. The molecular formula is C28H25F3N2O2. The highest BCUT2D eigenvalue weighted by molar-refractivity contribution is 6.03. The molecule has 3 aromatic rings. The molecule has 0 saturated carbocycles. The van der Waals surface area contributed by atoms with E-state index in [1.54, 1.807) is 7.11 Å². The maximum absolute atomic E-state index is 14.3. The van der Waals surface area contributed by atoms with Gasteiger partial charge in [-0.25, -0.2) is 13.2 Å². The van der Waals surface area contributed by atoms with E-state index in [1.807, 2.05) is 66.4 Å². The molecule has 0 spiro atoms. The number of halogens is 3. The fourth-order valence-electron chi connectivity index (χ4n) is 4.80. The van der Waals surface area contributed by atoms with Gasteiger partial charge in [-0.3, -0.25) is 0 Å². The van der Waals surface area contributed by atoms with Crippen LogP contribution in [0.2, 0.25) is 0 Å². The van der Waals surface area contributed by atoms with E-state index in [2.05, 4.69) is 5.16 Å². The molecule has 0 radical (unpaired) electrons. The summed E-state index contributed by atoms with van der Waals surface area (Å²) in [6.07, 6.45) is 2.99. The highest BCUT2D eigenvalue weighted by Gasteiger charge is 2.41. The van der Waals surface area contributed by atoms with Gasteiger partial charge in [0.1, 0.15) is 5.75 Å². The number of amidine groups is 1. The van der Waals surface area contributed by atoms with Crippen LogP contribution in [0.1, 0.15) is 47.2 Å². The van der Waals surface area contributed by atoms with E-state index in [-0.39, 0.29) is 0 Å². The lowest BCUT2D eigenvalue weighted by molar-refractivity contribution is -0.0233.